The van der Waals surface area contributed by atoms with Crippen molar-refractivity contribution in [2.45, 2.75) is 40.2 Å². The quantitative estimate of drug-likeness (QED) is 0.291. The van der Waals surface area contributed by atoms with Crippen LogP contribution < -0.4 is 0 Å². The molecular weight excluding hydrogens is 444 g/mol. The molecule has 3 aromatic rings. The number of Topliss-reactive ketones (excluding diaryl/α,β-unsaturated/α-hetero) is 1. The summed E-state index contributed by atoms with van der Waals surface area (Å²) in [5, 5.41) is 21.2. The van der Waals surface area contributed by atoms with Crippen molar-refractivity contribution in [1.82, 2.24) is 19.2 Å². The first kappa shape index (κ1) is 24.5. The summed E-state index contributed by atoms with van der Waals surface area (Å²) in [5.41, 5.74) is 3.24. The van der Waals surface area contributed by atoms with Gasteiger partial charge >= 0.3 is 0 Å². The highest BCUT2D eigenvalue weighted by atomic mass is 16.3. The number of rotatable bonds is 8. The van der Waals surface area contributed by atoms with Gasteiger partial charge in [-0.1, -0.05) is 32.0 Å². The molecule has 1 saturated heterocycles. The highest BCUT2D eigenvalue weighted by molar-refractivity contribution is 6.46. The van der Waals surface area contributed by atoms with Gasteiger partial charge in [0.25, 0.3) is 11.7 Å². The second-order valence-electron chi connectivity index (χ2n) is 8.90. The first-order valence-corrected chi connectivity index (χ1v) is 12.0. The third-order valence-corrected chi connectivity index (χ3v) is 6.82. The molecule has 0 bridgehead atoms. The average molecular weight is 477 g/mol. The number of amides is 1. The number of aryl methyl sites for hydroxylation is 2. The lowest BCUT2D eigenvalue weighted by molar-refractivity contribution is -0.140. The number of carbonyl (C=O) groups excluding carboxylic acids is 2. The molecule has 35 heavy (non-hydrogen) atoms. The van der Waals surface area contributed by atoms with Gasteiger partial charge in [-0.25, -0.2) is 4.98 Å². The van der Waals surface area contributed by atoms with Gasteiger partial charge in [0.2, 0.25) is 0 Å². The van der Waals surface area contributed by atoms with Gasteiger partial charge in [0.15, 0.2) is 5.76 Å². The fraction of sp³-hybridized carbons (Fsp3) is 0.370. The van der Waals surface area contributed by atoms with E-state index in [4.69, 9.17) is 0 Å². The Morgan fingerprint density at radius 1 is 1.09 bits per heavy atom. The molecule has 2 aromatic heterocycles. The number of nitrogens with zero attached hydrogens (tertiary/aromatic N) is 4. The number of aromatic hydroxyl groups is 1. The number of hydrogen-bond donors (Lipinski definition) is 2. The maximum absolute atomic E-state index is 13.3. The van der Waals surface area contributed by atoms with Crippen molar-refractivity contribution in [2.75, 3.05) is 26.2 Å². The van der Waals surface area contributed by atoms with Crippen LogP contribution in [0.5, 0.6) is 5.75 Å². The molecule has 0 radical (unpaired) electrons. The van der Waals surface area contributed by atoms with E-state index < -0.39 is 17.7 Å². The Morgan fingerprint density at radius 2 is 1.77 bits per heavy atom. The van der Waals surface area contributed by atoms with Crippen LogP contribution >= 0.6 is 0 Å². The number of aromatic nitrogens is 2. The minimum absolute atomic E-state index is 0.0210. The molecule has 1 fully saturated rings. The summed E-state index contributed by atoms with van der Waals surface area (Å²) >= 11 is 0. The number of phenolic OH excluding ortho intramolecular Hbond substituents is 1. The molecule has 1 aliphatic rings. The number of ketones is 1. The Kier molecular flexibility index (Phi) is 6.93. The summed E-state index contributed by atoms with van der Waals surface area (Å²) in [4.78, 5) is 34.9. The van der Waals surface area contributed by atoms with Crippen molar-refractivity contribution < 1.29 is 19.8 Å². The highest BCUT2D eigenvalue weighted by Gasteiger charge is 2.46. The first-order valence-electron chi connectivity index (χ1n) is 12.0. The molecule has 1 amide bonds. The Labute approximate surface area is 205 Å². The number of hydrogen-bond acceptors (Lipinski definition) is 6. The Morgan fingerprint density at radius 3 is 2.40 bits per heavy atom. The highest BCUT2D eigenvalue weighted by Crippen LogP contribution is 2.40. The summed E-state index contributed by atoms with van der Waals surface area (Å²) in [6.07, 6.45) is 2.54. The van der Waals surface area contributed by atoms with Crippen LogP contribution in [0.4, 0.5) is 0 Å². The van der Waals surface area contributed by atoms with Crippen LogP contribution in [0.25, 0.3) is 11.4 Å². The number of benzene rings is 1. The molecular formula is C27H32N4O4. The van der Waals surface area contributed by atoms with Crippen LogP contribution in [-0.4, -0.2) is 67.3 Å². The van der Waals surface area contributed by atoms with Gasteiger partial charge in [0, 0.05) is 12.7 Å². The minimum atomic E-state index is -0.766. The third kappa shape index (κ3) is 4.41. The zero-order valence-electron chi connectivity index (χ0n) is 20.7. The number of phenols is 1. The monoisotopic (exact) mass is 476 g/mol. The summed E-state index contributed by atoms with van der Waals surface area (Å²) in [6.45, 7) is 10.9. The molecule has 3 heterocycles. The van der Waals surface area contributed by atoms with E-state index in [1.165, 1.54) is 17.0 Å². The van der Waals surface area contributed by atoms with E-state index in [0.717, 1.165) is 25.2 Å². The molecule has 0 saturated carbocycles. The SMILES string of the molecule is CCN(CC)CCCN1C(=O)C(=O)C(=C(O)c2nc3c(C)cccn3c2C)C1c1ccc(O)cc1. The van der Waals surface area contributed by atoms with E-state index >= 15 is 0 Å². The van der Waals surface area contributed by atoms with Crippen molar-refractivity contribution in [3.63, 3.8) is 0 Å². The largest absolute Gasteiger partial charge is 0.508 e. The van der Waals surface area contributed by atoms with Crippen molar-refractivity contribution >= 4 is 23.1 Å². The third-order valence-electron chi connectivity index (χ3n) is 6.82. The van der Waals surface area contributed by atoms with Crippen LogP contribution in [0.15, 0.2) is 48.2 Å². The number of imidazole rings is 1. The number of aliphatic hydroxyl groups excluding tert-OH is 1. The molecule has 2 N–H and O–H groups in total. The van der Waals surface area contributed by atoms with E-state index in [1.807, 2.05) is 36.6 Å². The molecule has 1 aromatic carbocycles. The van der Waals surface area contributed by atoms with Crippen molar-refractivity contribution in [3.8, 4) is 5.75 Å². The molecule has 1 unspecified atom stereocenters. The van der Waals surface area contributed by atoms with Crippen LogP contribution in [-0.2, 0) is 9.59 Å². The zero-order chi connectivity index (χ0) is 25.3. The molecule has 1 aliphatic heterocycles. The first-order chi connectivity index (χ1) is 16.8. The summed E-state index contributed by atoms with van der Waals surface area (Å²) in [5.74, 6) is -1.56. The van der Waals surface area contributed by atoms with E-state index in [0.29, 0.717) is 29.9 Å². The maximum atomic E-state index is 13.3. The molecule has 0 spiro atoms. The fourth-order valence-corrected chi connectivity index (χ4v) is 4.79. The van der Waals surface area contributed by atoms with Gasteiger partial charge in [0.1, 0.15) is 17.1 Å². The van der Waals surface area contributed by atoms with Crippen LogP contribution in [0, 0.1) is 13.8 Å². The molecule has 8 heteroatoms. The smallest absolute Gasteiger partial charge is 0.295 e. The second-order valence-corrected chi connectivity index (χ2v) is 8.90. The van der Waals surface area contributed by atoms with E-state index in [-0.39, 0.29) is 22.8 Å². The maximum Gasteiger partial charge on any atom is 0.295 e. The Hall–Kier alpha value is -3.65. The van der Waals surface area contributed by atoms with Crippen molar-refractivity contribution in [2.24, 2.45) is 0 Å². The number of pyridine rings is 1. The summed E-state index contributed by atoms with van der Waals surface area (Å²) in [6, 6.07) is 9.45. The normalized spacial score (nSPS) is 17.7. The van der Waals surface area contributed by atoms with Gasteiger partial charge < -0.3 is 24.4 Å². The molecule has 0 aliphatic carbocycles. The predicted molar refractivity (Wildman–Crippen MR) is 134 cm³/mol. The lowest BCUT2D eigenvalue weighted by Crippen LogP contribution is -2.33. The molecule has 1 atom stereocenters. The number of carbonyl (C=O) groups is 2. The van der Waals surface area contributed by atoms with Gasteiger partial charge in [-0.3, -0.25) is 9.59 Å². The van der Waals surface area contributed by atoms with Gasteiger partial charge in [0.05, 0.1) is 17.3 Å². The molecule has 4 rings (SSSR count). The lowest BCUT2D eigenvalue weighted by atomic mass is 9.96. The molecule has 184 valence electrons. The van der Waals surface area contributed by atoms with Crippen LogP contribution in [0.2, 0.25) is 0 Å². The Balaban J connectivity index is 1.81. The van der Waals surface area contributed by atoms with Crippen LogP contribution in [0.1, 0.15) is 48.8 Å². The predicted octanol–water partition coefficient (Wildman–Crippen LogP) is 3.81. The lowest BCUT2D eigenvalue weighted by Gasteiger charge is -2.26. The summed E-state index contributed by atoms with van der Waals surface area (Å²) < 4.78 is 1.86. The topological polar surface area (TPSA) is 98.4 Å². The van der Waals surface area contributed by atoms with E-state index in [2.05, 4.69) is 23.7 Å². The van der Waals surface area contributed by atoms with Crippen molar-refractivity contribution in [1.29, 1.82) is 0 Å². The second kappa shape index (κ2) is 9.92. The van der Waals surface area contributed by atoms with Gasteiger partial charge in [-0.15, -0.1) is 0 Å². The van der Waals surface area contributed by atoms with Crippen LogP contribution in [0.3, 0.4) is 0 Å². The number of aliphatic hydroxyl groups is 1. The standard InChI is InChI=1S/C27H32N4O4/c1-5-29(6-2)14-8-16-31-23(19-10-12-20(32)13-11-19)21(25(34)27(31)35)24(33)22-18(4)30-15-7-9-17(3)26(30)28-22/h7,9-13,15,23,32-33H,5-6,8,14,16H2,1-4H3. The van der Waals surface area contributed by atoms with E-state index in [1.54, 1.807) is 12.1 Å². The number of likely N-dealkylation sites (tertiary alicyclic amines) is 1. The van der Waals surface area contributed by atoms with E-state index in [9.17, 15) is 19.8 Å². The summed E-state index contributed by atoms with van der Waals surface area (Å²) in [7, 11) is 0. The van der Waals surface area contributed by atoms with Gasteiger partial charge in [-0.2, -0.15) is 0 Å². The van der Waals surface area contributed by atoms with Crippen molar-refractivity contribution in [3.05, 3.63) is 70.7 Å². The fourth-order valence-electron chi connectivity index (χ4n) is 4.79. The molecule has 8 nitrogen and oxygen atoms in total. The number of fused-ring (bicyclic) bond motifs is 1. The Bertz CT molecular complexity index is 1290. The average Bonchev–Trinajstić information content (AvgIpc) is 3.32. The van der Waals surface area contributed by atoms with Gasteiger partial charge in [-0.05, 0) is 69.2 Å². The zero-order valence-corrected chi connectivity index (χ0v) is 20.7. The minimum Gasteiger partial charge on any atom is -0.508 e.